The predicted molar refractivity (Wildman–Crippen MR) is 69.6 cm³/mol. The largest absolute Gasteiger partial charge is 0.374 e. The molecule has 0 aromatic carbocycles. The van der Waals surface area contributed by atoms with E-state index in [1.165, 1.54) is 11.5 Å². The number of likely N-dealkylation sites (N-methyl/N-ethyl adjacent to an activating group) is 1. The third kappa shape index (κ3) is 3.90. The smallest absolute Gasteiger partial charge is 0.202 e. The van der Waals surface area contributed by atoms with E-state index in [1.807, 2.05) is 0 Å². The molecule has 1 aromatic heterocycles. The summed E-state index contributed by atoms with van der Waals surface area (Å²) >= 11 is 1.44. The Bertz CT molecular complexity index is 344. The van der Waals surface area contributed by atoms with E-state index in [9.17, 15) is 0 Å². The van der Waals surface area contributed by atoms with Crippen molar-refractivity contribution in [3.8, 4) is 0 Å². The van der Waals surface area contributed by atoms with E-state index in [4.69, 9.17) is 4.74 Å². The number of nitrogens with zero attached hydrogens (tertiary/aromatic N) is 3. The first-order valence-corrected chi connectivity index (χ1v) is 6.92. The summed E-state index contributed by atoms with van der Waals surface area (Å²) in [7, 11) is 2.12. The molecular weight excluding hydrogens is 236 g/mol. The number of ether oxygens (including phenoxy) is 1. The van der Waals surface area contributed by atoms with Crippen LogP contribution in [0.3, 0.4) is 0 Å². The summed E-state index contributed by atoms with van der Waals surface area (Å²) in [6, 6.07) is 0. The van der Waals surface area contributed by atoms with Crippen molar-refractivity contribution in [1.29, 1.82) is 0 Å². The van der Waals surface area contributed by atoms with Crippen LogP contribution in [-0.4, -0.2) is 53.7 Å². The third-order valence-electron chi connectivity index (χ3n) is 2.76. The van der Waals surface area contributed by atoms with Gasteiger partial charge in [-0.15, -0.1) is 0 Å². The van der Waals surface area contributed by atoms with Crippen molar-refractivity contribution in [3.63, 3.8) is 0 Å². The number of rotatable bonds is 5. The highest BCUT2D eigenvalue weighted by Gasteiger charge is 2.17. The minimum Gasteiger partial charge on any atom is -0.374 e. The van der Waals surface area contributed by atoms with Gasteiger partial charge in [0.2, 0.25) is 5.13 Å². The highest BCUT2D eigenvalue weighted by atomic mass is 32.1. The number of hydrogen-bond acceptors (Lipinski definition) is 6. The van der Waals surface area contributed by atoms with Gasteiger partial charge in [0.05, 0.1) is 12.7 Å². The Morgan fingerprint density at radius 1 is 1.59 bits per heavy atom. The molecule has 0 aliphatic carbocycles. The summed E-state index contributed by atoms with van der Waals surface area (Å²) in [5.74, 6) is 0.946. The summed E-state index contributed by atoms with van der Waals surface area (Å²) in [5.41, 5.74) is 0. The molecule has 0 saturated carbocycles. The van der Waals surface area contributed by atoms with Crippen LogP contribution in [0.4, 0.5) is 5.13 Å². The quantitative estimate of drug-likeness (QED) is 0.859. The average molecular weight is 256 g/mol. The molecule has 6 heteroatoms. The van der Waals surface area contributed by atoms with Gasteiger partial charge in [-0.25, -0.2) is 4.98 Å². The van der Waals surface area contributed by atoms with Crippen LogP contribution in [0.15, 0.2) is 0 Å². The average Bonchev–Trinajstić information content (AvgIpc) is 2.75. The molecule has 96 valence electrons. The molecule has 1 aliphatic rings. The molecule has 17 heavy (non-hydrogen) atoms. The van der Waals surface area contributed by atoms with Crippen LogP contribution in [0.1, 0.15) is 19.2 Å². The molecule has 1 aliphatic heterocycles. The van der Waals surface area contributed by atoms with E-state index < -0.39 is 0 Å². The Morgan fingerprint density at radius 3 is 3.24 bits per heavy atom. The lowest BCUT2D eigenvalue weighted by molar-refractivity contribution is -0.0117. The number of anilines is 1. The van der Waals surface area contributed by atoms with Crippen LogP contribution < -0.4 is 5.32 Å². The van der Waals surface area contributed by atoms with E-state index in [0.717, 1.165) is 50.0 Å². The highest BCUT2D eigenvalue weighted by molar-refractivity contribution is 7.09. The van der Waals surface area contributed by atoms with E-state index >= 15 is 0 Å². The molecule has 1 atom stereocenters. The van der Waals surface area contributed by atoms with Gasteiger partial charge < -0.3 is 15.0 Å². The van der Waals surface area contributed by atoms with E-state index in [1.54, 1.807) is 0 Å². The fraction of sp³-hybridized carbons (Fsp3) is 0.818. The van der Waals surface area contributed by atoms with Crippen LogP contribution in [0, 0.1) is 0 Å². The summed E-state index contributed by atoms with van der Waals surface area (Å²) < 4.78 is 9.98. The molecule has 1 unspecified atom stereocenters. The van der Waals surface area contributed by atoms with Crippen molar-refractivity contribution in [2.45, 2.75) is 25.9 Å². The van der Waals surface area contributed by atoms with Gasteiger partial charge in [0, 0.05) is 37.6 Å². The Morgan fingerprint density at radius 2 is 2.47 bits per heavy atom. The molecule has 0 amide bonds. The second kappa shape index (κ2) is 6.28. The summed E-state index contributed by atoms with van der Waals surface area (Å²) in [5, 5.41) is 4.21. The predicted octanol–water partition coefficient (Wildman–Crippen LogP) is 1.23. The second-order valence-corrected chi connectivity index (χ2v) is 5.15. The normalized spacial score (nSPS) is 21.6. The maximum Gasteiger partial charge on any atom is 0.202 e. The van der Waals surface area contributed by atoms with Gasteiger partial charge in [-0.05, 0) is 13.5 Å². The maximum atomic E-state index is 5.68. The Labute approximate surface area is 106 Å². The van der Waals surface area contributed by atoms with Crippen LogP contribution in [0.25, 0.3) is 0 Å². The van der Waals surface area contributed by atoms with Gasteiger partial charge in [-0.2, -0.15) is 4.37 Å². The maximum absolute atomic E-state index is 5.68. The summed E-state index contributed by atoms with van der Waals surface area (Å²) in [4.78, 5) is 6.72. The molecule has 2 rings (SSSR count). The number of nitrogens with one attached hydrogen (secondary N) is 1. The fourth-order valence-electron chi connectivity index (χ4n) is 1.84. The zero-order valence-electron chi connectivity index (χ0n) is 10.5. The first kappa shape index (κ1) is 12.7. The second-order valence-electron chi connectivity index (χ2n) is 4.40. The molecule has 1 fully saturated rings. The zero-order chi connectivity index (χ0) is 12.1. The number of aryl methyl sites for hydroxylation is 1. The van der Waals surface area contributed by atoms with Gasteiger partial charge >= 0.3 is 0 Å². The van der Waals surface area contributed by atoms with Crippen molar-refractivity contribution in [3.05, 3.63) is 5.82 Å². The van der Waals surface area contributed by atoms with Gasteiger partial charge in [0.15, 0.2) is 0 Å². The van der Waals surface area contributed by atoms with Crippen LogP contribution in [-0.2, 0) is 11.2 Å². The van der Waals surface area contributed by atoms with Crippen LogP contribution >= 0.6 is 11.5 Å². The minimum atomic E-state index is 0.257. The van der Waals surface area contributed by atoms with E-state index in [2.05, 4.69) is 33.5 Å². The van der Waals surface area contributed by atoms with Crippen molar-refractivity contribution in [1.82, 2.24) is 14.3 Å². The van der Waals surface area contributed by atoms with E-state index in [-0.39, 0.29) is 6.10 Å². The van der Waals surface area contributed by atoms with Crippen molar-refractivity contribution in [2.24, 2.45) is 0 Å². The molecule has 1 N–H and O–H groups in total. The first-order chi connectivity index (χ1) is 8.28. The van der Waals surface area contributed by atoms with Gasteiger partial charge in [0.1, 0.15) is 5.82 Å². The molecule has 0 bridgehead atoms. The lowest BCUT2D eigenvalue weighted by atomic mass is 10.3. The van der Waals surface area contributed by atoms with Crippen molar-refractivity contribution < 1.29 is 4.74 Å². The summed E-state index contributed by atoms with van der Waals surface area (Å²) in [6.45, 7) is 5.77. The molecule has 0 spiro atoms. The number of morpholine rings is 1. The fourth-order valence-corrected chi connectivity index (χ4v) is 2.46. The lowest BCUT2D eigenvalue weighted by Gasteiger charge is -2.29. The van der Waals surface area contributed by atoms with Crippen LogP contribution in [0.5, 0.6) is 0 Å². The monoisotopic (exact) mass is 256 g/mol. The Hall–Kier alpha value is -0.720. The molecule has 0 radical (unpaired) electrons. The third-order valence-corrected chi connectivity index (χ3v) is 3.48. The SMILES string of the molecule is CCCc1nsc(NCC2CN(C)CCO2)n1. The van der Waals surface area contributed by atoms with Gasteiger partial charge in [0.25, 0.3) is 0 Å². The Kier molecular flexibility index (Phi) is 4.70. The lowest BCUT2D eigenvalue weighted by Crippen LogP contribution is -2.43. The standard InChI is InChI=1S/C11H20N4OS/c1-3-4-10-13-11(17-14-10)12-7-9-8-15(2)5-6-16-9/h9H,3-8H2,1-2H3,(H,12,13,14). The molecule has 2 heterocycles. The van der Waals surface area contributed by atoms with E-state index in [0.29, 0.717) is 0 Å². The molecule has 1 aromatic rings. The van der Waals surface area contributed by atoms with Gasteiger partial charge in [-0.1, -0.05) is 6.92 Å². The van der Waals surface area contributed by atoms with Crippen molar-refractivity contribution >= 4 is 16.7 Å². The number of hydrogen-bond donors (Lipinski definition) is 1. The first-order valence-electron chi connectivity index (χ1n) is 6.14. The topological polar surface area (TPSA) is 50.3 Å². The molecule has 1 saturated heterocycles. The summed E-state index contributed by atoms with van der Waals surface area (Å²) in [6.07, 6.45) is 2.31. The molecular formula is C11H20N4OS. The zero-order valence-corrected chi connectivity index (χ0v) is 11.3. The minimum absolute atomic E-state index is 0.257. The number of aromatic nitrogens is 2. The van der Waals surface area contributed by atoms with Crippen molar-refractivity contribution in [2.75, 3.05) is 38.6 Å². The molecule has 5 nitrogen and oxygen atoms in total. The van der Waals surface area contributed by atoms with Crippen LogP contribution in [0.2, 0.25) is 0 Å². The van der Waals surface area contributed by atoms with Gasteiger partial charge in [-0.3, -0.25) is 0 Å². The highest BCUT2D eigenvalue weighted by Crippen LogP contribution is 2.13. The Balaban J connectivity index is 1.76.